The van der Waals surface area contributed by atoms with Crippen molar-refractivity contribution >= 4 is 28.1 Å². The van der Waals surface area contributed by atoms with E-state index in [0.29, 0.717) is 22.0 Å². The van der Waals surface area contributed by atoms with Gasteiger partial charge in [-0.15, -0.1) is 0 Å². The summed E-state index contributed by atoms with van der Waals surface area (Å²) in [5, 5.41) is 19.6. The highest BCUT2D eigenvalue weighted by molar-refractivity contribution is 6.06. The molecule has 0 bridgehead atoms. The number of hydrazone groups is 1. The van der Waals surface area contributed by atoms with Crippen LogP contribution in [0.15, 0.2) is 58.4 Å². The quantitative estimate of drug-likeness (QED) is 0.431. The van der Waals surface area contributed by atoms with E-state index in [1.807, 2.05) is 0 Å². The van der Waals surface area contributed by atoms with Gasteiger partial charge in [-0.2, -0.15) is 10.2 Å². The van der Waals surface area contributed by atoms with Crippen molar-refractivity contribution in [2.75, 3.05) is 0 Å². The number of amides is 1. The molecule has 0 fully saturated rings. The van der Waals surface area contributed by atoms with E-state index in [-0.39, 0.29) is 16.9 Å². The number of carbonyl (C=O) groups is 1. The summed E-state index contributed by atoms with van der Waals surface area (Å²) in [5.74, 6) is -0.567. The van der Waals surface area contributed by atoms with E-state index in [4.69, 9.17) is 0 Å². The monoisotopic (exact) mass is 365 g/mol. The highest BCUT2D eigenvalue weighted by atomic mass is 16.6. The highest BCUT2D eigenvalue weighted by Crippen LogP contribution is 2.14. The van der Waals surface area contributed by atoms with Gasteiger partial charge in [0.2, 0.25) is 0 Å². The third-order valence-electron chi connectivity index (χ3n) is 3.99. The van der Waals surface area contributed by atoms with Crippen molar-refractivity contribution in [3.05, 3.63) is 80.3 Å². The number of nitrogens with zero attached hydrogens (tertiary/aromatic N) is 4. The van der Waals surface area contributed by atoms with Gasteiger partial charge in [0.15, 0.2) is 5.69 Å². The van der Waals surface area contributed by atoms with E-state index >= 15 is 0 Å². The molecule has 0 aliphatic rings. The zero-order chi connectivity index (χ0) is 19.6. The van der Waals surface area contributed by atoms with Gasteiger partial charge in [-0.3, -0.25) is 19.7 Å². The summed E-state index contributed by atoms with van der Waals surface area (Å²) in [6.07, 6.45) is 0. The lowest BCUT2D eigenvalue weighted by Crippen LogP contribution is -2.27. The van der Waals surface area contributed by atoms with Crippen LogP contribution in [0, 0.1) is 10.1 Å². The molecule has 27 heavy (non-hydrogen) atoms. The standard InChI is InChI=1S/C18H15N5O4/c1-11(12-7-9-13(10-8-12)23(26)27)19-20-17(24)16-14-5-3-4-6-15(14)18(25)22(2)21-16/h3-10H,1-2H3,(H,20,24)/b19-11-. The Bertz CT molecular complexity index is 1130. The van der Waals surface area contributed by atoms with Gasteiger partial charge in [-0.1, -0.05) is 18.2 Å². The van der Waals surface area contributed by atoms with E-state index in [2.05, 4.69) is 15.6 Å². The van der Waals surface area contributed by atoms with Crippen molar-refractivity contribution in [2.24, 2.45) is 12.1 Å². The van der Waals surface area contributed by atoms with Crippen LogP contribution in [0.3, 0.4) is 0 Å². The number of aryl methyl sites for hydroxylation is 1. The van der Waals surface area contributed by atoms with Gasteiger partial charge in [0.05, 0.1) is 16.0 Å². The van der Waals surface area contributed by atoms with Gasteiger partial charge in [0.1, 0.15) is 0 Å². The second-order valence-corrected chi connectivity index (χ2v) is 5.77. The minimum Gasteiger partial charge on any atom is -0.267 e. The van der Waals surface area contributed by atoms with Gasteiger partial charge >= 0.3 is 0 Å². The number of aromatic nitrogens is 2. The fraction of sp³-hybridized carbons (Fsp3) is 0.111. The average molecular weight is 365 g/mol. The van der Waals surface area contributed by atoms with E-state index in [1.165, 1.54) is 19.2 Å². The molecule has 0 aliphatic carbocycles. The second-order valence-electron chi connectivity index (χ2n) is 5.77. The van der Waals surface area contributed by atoms with Crippen LogP contribution in [0.25, 0.3) is 10.8 Å². The van der Waals surface area contributed by atoms with Crippen molar-refractivity contribution in [1.29, 1.82) is 0 Å². The maximum atomic E-state index is 12.5. The Morgan fingerprint density at radius 2 is 1.78 bits per heavy atom. The summed E-state index contributed by atoms with van der Waals surface area (Å²) < 4.78 is 1.10. The van der Waals surface area contributed by atoms with Gasteiger partial charge < -0.3 is 0 Å². The van der Waals surface area contributed by atoms with Crippen LogP contribution in [0.1, 0.15) is 23.0 Å². The third-order valence-corrected chi connectivity index (χ3v) is 3.99. The number of carbonyl (C=O) groups excluding carboxylic acids is 1. The van der Waals surface area contributed by atoms with E-state index in [1.54, 1.807) is 43.3 Å². The molecule has 3 aromatic rings. The number of hydrogen-bond donors (Lipinski definition) is 1. The lowest BCUT2D eigenvalue weighted by atomic mass is 10.1. The average Bonchev–Trinajstić information content (AvgIpc) is 2.68. The zero-order valence-corrected chi connectivity index (χ0v) is 14.5. The third kappa shape index (κ3) is 3.56. The molecule has 0 unspecified atom stereocenters. The van der Waals surface area contributed by atoms with Crippen molar-refractivity contribution in [3.8, 4) is 0 Å². The first kappa shape index (κ1) is 17.9. The maximum absolute atomic E-state index is 12.5. The molecule has 136 valence electrons. The SMILES string of the molecule is C/C(=N/NC(=O)c1nn(C)c(=O)c2ccccc12)c1ccc([N+](=O)[O-])cc1. The number of rotatable bonds is 4. The number of nitro benzene ring substituents is 1. The minimum absolute atomic E-state index is 0.0311. The summed E-state index contributed by atoms with van der Waals surface area (Å²) in [5.41, 5.74) is 3.25. The Balaban J connectivity index is 1.88. The van der Waals surface area contributed by atoms with Crippen LogP contribution in [-0.2, 0) is 7.05 Å². The normalized spacial score (nSPS) is 11.4. The highest BCUT2D eigenvalue weighted by Gasteiger charge is 2.15. The van der Waals surface area contributed by atoms with Gasteiger partial charge in [0.25, 0.3) is 17.2 Å². The van der Waals surface area contributed by atoms with Crippen LogP contribution < -0.4 is 11.0 Å². The molecule has 0 radical (unpaired) electrons. The molecule has 0 spiro atoms. The summed E-state index contributed by atoms with van der Waals surface area (Å²) in [6.45, 7) is 1.66. The van der Waals surface area contributed by atoms with Gasteiger partial charge in [-0.05, 0) is 30.7 Å². The lowest BCUT2D eigenvalue weighted by molar-refractivity contribution is -0.384. The molecule has 9 heteroatoms. The topological polar surface area (TPSA) is 119 Å². The number of fused-ring (bicyclic) bond motifs is 1. The first-order chi connectivity index (χ1) is 12.9. The first-order valence-corrected chi connectivity index (χ1v) is 7.94. The largest absolute Gasteiger partial charge is 0.292 e. The van der Waals surface area contributed by atoms with Crippen LogP contribution in [-0.4, -0.2) is 26.3 Å². The van der Waals surface area contributed by atoms with Crippen molar-refractivity contribution < 1.29 is 9.72 Å². The first-order valence-electron chi connectivity index (χ1n) is 7.94. The summed E-state index contributed by atoms with van der Waals surface area (Å²) >= 11 is 0. The number of hydrogen-bond acceptors (Lipinski definition) is 6. The van der Waals surface area contributed by atoms with Gasteiger partial charge in [0, 0.05) is 24.6 Å². The smallest absolute Gasteiger partial charge is 0.267 e. The Morgan fingerprint density at radius 1 is 1.15 bits per heavy atom. The fourth-order valence-corrected chi connectivity index (χ4v) is 2.54. The Labute approximate surface area is 153 Å². The number of non-ortho nitro benzene ring substituents is 1. The number of nitrogens with one attached hydrogen (secondary N) is 1. The molecular formula is C18H15N5O4. The second kappa shape index (κ2) is 7.16. The molecule has 0 aliphatic heterocycles. The molecule has 1 heterocycles. The van der Waals surface area contributed by atoms with Gasteiger partial charge in [-0.25, -0.2) is 10.1 Å². The molecule has 9 nitrogen and oxygen atoms in total. The minimum atomic E-state index is -0.567. The van der Waals surface area contributed by atoms with Crippen molar-refractivity contribution in [2.45, 2.75) is 6.92 Å². The Morgan fingerprint density at radius 3 is 2.41 bits per heavy atom. The molecule has 0 saturated carbocycles. The fourth-order valence-electron chi connectivity index (χ4n) is 2.54. The molecule has 3 rings (SSSR count). The van der Waals surface area contributed by atoms with E-state index in [0.717, 1.165) is 4.68 Å². The molecule has 0 saturated heterocycles. The summed E-state index contributed by atoms with van der Waals surface area (Å²) in [6, 6.07) is 12.5. The number of benzene rings is 2. The zero-order valence-electron chi connectivity index (χ0n) is 14.5. The lowest BCUT2D eigenvalue weighted by Gasteiger charge is -2.07. The predicted octanol–water partition coefficient (Wildman–Crippen LogP) is 2.00. The van der Waals surface area contributed by atoms with Crippen LogP contribution in [0.4, 0.5) is 5.69 Å². The van der Waals surface area contributed by atoms with E-state index in [9.17, 15) is 19.7 Å². The van der Waals surface area contributed by atoms with Crippen molar-refractivity contribution in [3.63, 3.8) is 0 Å². The van der Waals surface area contributed by atoms with E-state index < -0.39 is 10.8 Å². The van der Waals surface area contributed by atoms with Crippen LogP contribution >= 0.6 is 0 Å². The van der Waals surface area contributed by atoms with Crippen LogP contribution in [0.5, 0.6) is 0 Å². The molecule has 0 atom stereocenters. The number of nitro groups is 1. The predicted molar refractivity (Wildman–Crippen MR) is 99.8 cm³/mol. The van der Waals surface area contributed by atoms with Crippen LogP contribution in [0.2, 0.25) is 0 Å². The molecular weight excluding hydrogens is 350 g/mol. The Kier molecular flexibility index (Phi) is 4.75. The molecule has 1 aromatic heterocycles. The summed E-state index contributed by atoms with van der Waals surface area (Å²) in [4.78, 5) is 34.8. The molecule has 2 aromatic carbocycles. The Hall–Kier alpha value is -3.88. The molecule has 1 N–H and O–H groups in total. The molecule has 1 amide bonds. The maximum Gasteiger partial charge on any atom is 0.292 e. The summed E-state index contributed by atoms with van der Waals surface area (Å²) in [7, 11) is 1.47. The van der Waals surface area contributed by atoms with Crippen molar-refractivity contribution in [1.82, 2.24) is 15.2 Å².